The molecular weight excluding hydrogens is 251 g/mol. The van der Waals surface area contributed by atoms with Gasteiger partial charge in [0.15, 0.2) is 0 Å². The summed E-state index contributed by atoms with van der Waals surface area (Å²) in [6.45, 7) is 1.85. The normalized spacial score (nSPS) is 14.1. The average Bonchev–Trinajstić information content (AvgIpc) is 2.16. The van der Waals surface area contributed by atoms with Crippen LogP contribution in [0.25, 0.3) is 0 Å². The summed E-state index contributed by atoms with van der Waals surface area (Å²) in [5.74, 6) is 0. The van der Waals surface area contributed by atoms with Crippen molar-refractivity contribution in [2.45, 2.75) is 25.6 Å². The first-order chi connectivity index (χ1) is 7.77. The van der Waals surface area contributed by atoms with E-state index in [1.54, 1.807) is 19.0 Å². The molecule has 1 rings (SSSR count). The smallest absolute Gasteiger partial charge is 0.302 e. The highest BCUT2D eigenvalue weighted by Crippen LogP contribution is 2.38. The van der Waals surface area contributed by atoms with Crippen LogP contribution in [0.3, 0.4) is 0 Å². The van der Waals surface area contributed by atoms with Gasteiger partial charge in [0, 0.05) is 11.1 Å². The van der Waals surface area contributed by atoms with Crippen molar-refractivity contribution in [3.05, 3.63) is 34.3 Å². The molecule has 0 N–H and O–H groups in total. The number of hydrogen-bond donors (Lipinski definition) is 0. The first kappa shape index (κ1) is 14.3. The van der Waals surface area contributed by atoms with Gasteiger partial charge in [0.05, 0.1) is 5.56 Å². The van der Waals surface area contributed by atoms with Crippen molar-refractivity contribution in [3.63, 3.8) is 0 Å². The molecule has 0 aliphatic heterocycles. The molecule has 17 heavy (non-hydrogen) atoms. The van der Waals surface area contributed by atoms with Gasteiger partial charge in [-0.05, 0) is 44.3 Å². The van der Waals surface area contributed by atoms with Crippen molar-refractivity contribution in [2.24, 2.45) is 0 Å². The van der Waals surface area contributed by atoms with Crippen LogP contribution < -0.4 is 0 Å². The minimum absolute atomic E-state index is 0.234. The Morgan fingerprint density at radius 3 is 2.29 bits per heavy atom. The van der Waals surface area contributed by atoms with Gasteiger partial charge in [0.25, 0.3) is 0 Å². The topological polar surface area (TPSA) is 3.24 Å². The Balaban J connectivity index is 3.33. The zero-order valence-corrected chi connectivity index (χ0v) is 10.7. The van der Waals surface area contributed by atoms with Crippen molar-refractivity contribution in [3.8, 4) is 0 Å². The lowest BCUT2D eigenvalue weighted by Crippen LogP contribution is -2.22. The maximum Gasteiger partial charge on any atom is 0.416 e. The third-order valence-corrected chi connectivity index (χ3v) is 2.92. The van der Waals surface area contributed by atoms with Crippen molar-refractivity contribution < 1.29 is 13.2 Å². The van der Waals surface area contributed by atoms with Crippen LogP contribution in [0.15, 0.2) is 18.2 Å². The quantitative estimate of drug-likeness (QED) is 0.784. The Hall–Kier alpha value is -0.740. The molecular formula is C12H15ClF3N. The summed E-state index contributed by atoms with van der Waals surface area (Å²) in [6, 6.07) is 3.43. The van der Waals surface area contributed by atoms with Crippen LogP contribution in [0.1, 0.15) is 30.5 Å². The fraction of sp³-hybridized carbons (Fsp3) is 0.500. The van der Waals surface area contributed by atoms with Crippen molar-refractivity contribution in [2.75, 3.05) is 14.1 Å². The van der Waals surface area contributed by atoms with Crippen LogP contribution in [-0.2, 0) is 6.18 Å². The molecule has 0 saturated heterocycles. The molecule has 0 aromatic heterocycles. The summed E-state index contributed by atoms with van der Waals surface area (Å²) >= 11 is 5.79. The molecule has 1 atom stereocenters. The minimum Gasteiger partial charge on any atom is -0.302 e. The first-order valence-electron chi connectivity index (χ1n) is 5.30. The van der Waals surface area contributed by atoms with Gasteiger partial charge < -0.3 is 4.90 Å². The molecule has 0 aliphatic carbocycles. The van der Waals surface area contributed by atoms with E-state index in [0.29, 0.717) is 11.4 Å². The van der Waals surface area contributed by atoms with E-state index < -0.39 is 11.7 Å². The number of hydrogen-bond acceptors (Lipinski definition) is 1. The van der Waals surface area contributed by atoms with Crippen LogP contribution in [-0.4, -0.2) is 19.0 Å². The lowest BCUT2D eigenvalue weighted by Gasteiger charge is -2.26. The molecule has 0 amide bonds. The Kier molecular flexibility index (Phi) is 4.44. The molecule has 96 valence electrons. The molecule has 0 radical (unpaired) electrons. The maximum absolute atomic E-state index is 12.9. The number of alkyl halides is 3. The number of nitrogens with zero attached hydrogens (tertiary/aromatic N) is 1. The number of halogens is 4. The zero-order chi connectivity index (χ0) is 13.2. The monoisotopic (exact) mass is 265 g/mol. The summed E-state index contributed by atoms with van der Waals surface area (Å²) in [7, 11) is 3.52. The second-order valence-electron chi connectivity index (χ2n) is 4.12. The molecule has 0 saturated carbocycles. The van der Waals surface area contributed by atoms with E-state index in [1.165, 1.54) is 12.1 Å². The third kappa shape index (κ3) is 3.36. The van der Waals surface area contributed by atoms with E-state index in [4.69, 9.17) is 11.6 Å². The summed E-state index contributed by atoms with van der Waals surface area (Å²) in [4.78, 5) is 1.76. The van der Waals surface area contributed by atoms with Gasteiger partial charge in [0.2, 0.25) is 0 Å². The highest BCUT2D eigenvalue weighted by Gasteiger charge is 2.35. The fourth-order valence-electron chi connectivity index (χ4n) is 1.93. The van der Waals surface area contributed by atoms with Crippen LogP contribution in [0.2, 0.25) is 5.02 Å². The van der Waals surface area contributed by atoms with Gasteiger partial charge >= 0.3 is 6.18 Å². The molecule has 0 aliphatic rings. The molecule has 0 fully saturated rings. The Morgan fingerprint density at radius 2 is 1.88 bits per heavy atom. The Morgan fingerprint density at radius 1 is 1.29 bits per heavy atom. The van der Waals surface area contributed by atoms with Crippen LogP contribution in [0, 0.1) is 0 Å². The van der Waals surface area contributed by atoms with Gasteiger partial charge in [0.1, 0.15) is 0 Å². The lowest BCUT2D eigenvalue weighted by atomic mass is 9.97. The van der Waals surface area contributed by atoms with Crippen molar-refractivity contribution >= 4 is 11.6 Å². The second kappa shape index (κ2) is 5.27. The van der Waals surface area contributed by atoms with Crippen LogP contribution in [0.5, 0.6) is 0 Å². The Labute approximate surface area is 104 Å². The van der Waals surface area contributed by atoms with Gasteiger partial charge in [-0.3, -0.25) is 0 Å². The minimum atomic E-state index is -4.34. The predicted molar refractivity (Wildman–Crippen MR) is 63.2 cm³/mol. The SMILES string of the molecule is CCC(c1cc(Cl)ccc1C(F)(F)F)N(C)C. The van der Waals surface area contributed by atoms with E-state index >= 15 is 0 Å². The molecule has 5 heteroatoms. The summed E-state index contributed by atoms with van der Waals surface area (Å²) in [5, 5.41) is 0.327. The summed E-state index contributed by atoms with van der Waals surface area (Å²) in [5.41, 5.74) is -0.375. The zero-order valence-electron chi connectivity index (χ0n) is 9.98. The average molecular weight is 266 g/mol. The summed E-state index contributed by atoms with van der Waals surface area (Å²) < 4.78 is 38.6. The van der Waals surface area contributed by atoms with E-state index in [2.05, 4.69) is 0 Å². The molecule has 0 heterocycles. The second-order valence-corrected chi connectivity index (χ2v) is 4.55. The third-order valence-electron chi connectivity index (χ3n) is 2.69. The highest BCUT2D eigenvalue weighted by atomic mass is 35.5. The molecule has 1 aromatic carbocycles. The molecule has 1 unspecified atom stereocenters. The van der Waals surface area contributed by atoms with Crippen molar-refractivity contribution in [1.29, 1.82) is 0 Å². The van der Waals surface area contributed by atoms with Gasteiger partial charge in [-0.2, -0.15) is 13.2 Å². The highest BCUT2D eigenvalue weighted by molar-refractivity contribution is 6.30. The largest absolute Gasteiger partial charge is 0.416 e. The number of benzene rings is 1. The van der Waals surface area contributed by atoms with E-state index in [0.717, 1.165) is 6.07 Å². The fourth-order valence-corrected chi connectivity index (χ4v) is 2.11. The van der Waals surface area contributed by atoms with Crippen LogP contribution >= 0.6 is 11.6 Å². The van der Waals surface area contributed by atoms with Gasteiger partial charge in [-0.15, -0.1) is 0 Å². The van der Waals surface area contributed by atoms with Crippen molar-refractivity contribution in [1.82, 2.24) is 4.90 Å². The van der Waals surface area contributed by atoms with Gasteiger partial charge in [-0.25, -0.2) is 0 Å². The van der Waals surface area contributed by atoms with Crippen LogP contribution in [0.4, 0.5) is 13.2 Å². The Bertz CT molecular complexity index is 388. The van der Waals surface area contributed by atoms with Gasteiger partial charge in [-0.1, -0.05) is 18.5 Å². The molecule has 0 bridgehead atoms. The molecule has 0 spiro atoms. The predicted octanol–water partition coefficient (Wildman–Crippen LogP) is 4.37. The summed E-state index contributed by atoms with van der Waals surface area (Å²) in [6.07, 6.45) is -3.75. The molecule has 1 aromatic rings. The molecule has 1 nitrogen and oxygen atoms in total. The van der Waals surface area contributed by atoms with E-state index in [1.807, 2.05) is 6.92 Å². The standard InChI is InChI=1S/C12H15ClF3N/c1-4-11(17(2)3)9-7-8(13)5-6-10(9)12(14,15)16/h5-7,11H,4H2,1-3H3. The van der Waals surface area contributed by atoms with E-state index in [9.17, 15) is 13.2 Å². The first-order valence-corrected chi connectivity index (χ1v) is 5.68. The lowest BCUT2D eigenvalue weighted by molar-refractivity contribution is -0.138. The maximum atomic E-state index is 12.9. The number of rotatable bonds is 3. The van der Waals surface area contributed by atoms with E-state index in [-0.39, 0.29) is 11.6 Å².